The molecule has 0 saturated carbocycles. The number of rotatable bonds is 3. The summed E-state index contributed by atoms with van der Waals surface area (Å²) in [6.07, 6.45) is 0.961. The summed E-state index contributed by atoms with van der Waals surface area (Å²) in [6.45, 7) is 2.09. The molecule has 0 heterocycles. The second-order valence-electron chi connectivity index (χ2n) is 2.90. The van der Waals surface area contributed by atoms with Crippen molar-refractivity contribution in [2.45, 2.75) is 19.4 Å². The highest BCUT2D eigenvalue weighted by Crippen LogP contribution is 2.24. The van der Waals surface area contributed by atoms with Crippen LogP contribution >= 0.6 is 22.6 Å². The summed E-state index contributed by atoms with van der Waals surface area (Å²) in [4.78, 5) is 0. The summed E-state index contributed by atoms with van der Waals surface area (Å²) in [5.41, 5.74) is 7.14. The van der Waals surface area contributed by atoms with E-state index >= 15 is 0 Å². The third kappa shape index (κ3) is 2.57. The van der Waals surface area contributed by atoms with Crippen LogP contribution in [0.5, 0.6) is 5.75 Å². The molecule has 0 aliphatic rings. The number of halogens is 1. The first-order chi connectivity index (χ1) is 6.19. The van der Waals surface area contributed by atoms with Crippen molar-refractivity contribution >= 4 is 22.6 Å². The Kier molecular flexibility index (Phi) is 3.99. The molecular formula is C10H14INO. The van der Waals surface area contributed by atoms with Crippen LogP contribution in [0.15, 0.2) is 18.2 Å². The van der Waals surface area contributed by atoms with Crippen LogP contribution in [0.2, 0.25) is 0 Å². The monoisotopic (exact) mass is 291 g/mol. The summed E-state index contributed by atoms with van der Waals surface area (Å²) in [5, 5.41) is 0. The van der Waals surface area contributed by atoms with Gasteiger partial charge in [-0.2, -0.15) is 0 Å². The number of nitrogens with two attached hydrogens (primary N) is 1. The Morgan fingerprint density at radius 2 is 2.23 bits per heavy atom. The number of hydrogen-bond acceptors (Lipinski definition) is 2. The molecule has 1 unspecified atom stereocenters. The summed E-state index contributed by atoms with van der Waals surface area (Å²) in [5.74, 6) is 0.886. The van der Waals surface area contributed by atoms with Gasteiger partial charge in [0.15, 0.2) is 0 Å². The Balaban J connectivity index is 2.98. The lowest BCUT2D eigenvalue weighted by atomic mass is 10.1. The van der Waals surface area contributed by atoms with Crippen molar-refractivity contribution in [3.8, 4) is 5.75 Å². The molecule has 0 aliphatic heterocycles. The maximum absolute atomic E-state index is 5.94. The van der Waals surface area contributed by atoms with Crippen LogP contribution in [0.4, 0.5) is 0 Å². The largest absolute Gasteiger partial charge is 0.497 e. The molecule has 1 rings (SSSR count). The molecule has 0 saturated heterocycles. The normalized spacial score (nSPS) is 12.6. The van der Waals surface area contributed by atoms with Gasteiger partial charge in [0.05, 0.1) is 7.11 Å². The van der Waals surface area contributed by atoms with Crippen LogP contribution in [0, 0.1) is 3.57 Å². The highest BCUT2D eigenvalue weighted by Gasteiger charge is 2.07. The number of benzene rings is 1. The molecule has 0 spiro atoms. The van der Waals surface area contributed by atoms with Gasteiger partial charge in [-0.25, -0.2) is 0 Å². The maximum atomic E-state index is 5.94. The molecule has 0 amide bonds. The molecule has 3 heteroatoms. The average molecular weight is 291 g/mol. The maximum Gasteiger partial charge on any atom is 0.119 e. The Morgan fingerprint density at radius 1 is 1.54 bits per heavy atom. The molecule has 1 atom stereocenters. The second-order valence-corrected chi connectivity index (χ2v) is 4.06. The van der Waals surface area contributed by atoms with E-state index in [1.54, 1.807) is 7.11 Å². The fourth-order valence-electron chi connectivity index (χ4n) is 1.16. The molecule has 2 N–H and O–H groups in total. The lowest BCUT2D eigenvalue weighted by Crippen LogP contribution is -2.10. The summed E-state index contributed by atoms with van der Waals surface area (Å²) >= 11 is 2.29. The second kappa shape index (κ2) is 4.81. The van der Waals surface area contributed by atoms with E-state index in [0.717, 1.165) is 12.2 Å². The van der Waals surface area contributed by atoms with Crippen LogP contribution in [0.3, 0.4) is 0 Å². The van der Waals surface area contributed by atoms with E-state index in [2.05, 4.69) is 29.5 Å². The third-order valence-corrected chi connectivity index (χ3v) is 2.98. The quantitative estimate of drug-likeness (QED) is 0.869. The summed E-state index contributed by atoms with van der Waals surface area (Å²) in [7, 11) is 1.67. The standard InChI is InChI=1S/C10H14INO/c1-3-10(12)8-5-4-7(13-2)6-9(8)11/h4-6,10H,3,12H2,1-2H3. The van der Waals surface area contributed by atoms with E-state index in [1.165, 1.54) is 9.13 Å². The fraction of sp³-hybridized carbons (Fsp3) is 0.400. The predicted octanol–water partition coefficient (Wildman–Crippen LogP) is 2.71. The Labute approximate surface area is 92.6 Å². The van der Waals surface area contributed by atoms with Crippen LogP contribution in [0.25, 0.3) is 0 Å². The highest BCUT2D eigenvalue weighted by molar-refractivity contribution is 14.1. The van der Waals surface area contributed by atoms with Crippen molar-refractivity contribution in [3.05, 3.63) is 27.3 Å². The third-order valence-electron chi connectivity index (χ3n) is 2.05. The van der Waals surface area contributed by atoms with Crippen molar-refractivity contribution in [1.29, 1.82) is 0 Å². The van der Waals surface area contributed by atoms with Crippen LogP contribution in [-0.2, 0) is 0 Å². The zero-order valence-corrected chi connectivity index (χ0v) is 10.0. The minimum atomic E-state index is 0.137. The van der Waals surface area contributed by atoms with Gasteiger partial charge in [-0.05, 0) is 46.7 Å². The predicted molar refractivity (Wildman–Crippen MR) is 62.9 cm³/mol. The van der Waals surface area contributed by atoms with Gasteiger partial charge in [0.1, 0.15) is 5.75 Å². The lowest BCUT2D eigenvalue weighted by Gasteiger charge is -2.12. The van der Waals surface area contributed by atoms with Gasteiger partial charge in [-0.1, -0.05) is 13.0 Å². The smallest absolute Gasteiger partial charge is 0.119 e. The minimum Gasteiger partial charge on any atom is -0.497 e. The topological polar surface area (TPSA) is 35.2 Å². The van der Waals surface area contributed by atoms with Crippen molar-refractivity contribution in [3.63, 3.8) is 0 Å². The molecule has 1 aromatic carbocycles. The highest BCUT2D eigenvalue weighted by atomic mass is 127. The molecule has 1 aromatic rings. The lowest BCUT2D eigenvalue weighted by molar-refractivity contribution is 0.414. The minimum absolute atomic E-state index is 0.137. The van der Waals surface area contributed by atoms with Crippen LogP contribution in [0.1, 0.15) is 24.9 Å². The molecule has 0 fully saturated rings. The van der Waals surface area contributed by atoms with E-state index in [-0.39, 0.29) is 6.04 Å². The van der Waals surface area contributed by atoms with E-state index in [4.69, 9.17) is 10.5 Å². The number of methoxy groups -OCH3 is 1. The van der Waals surface area contributed by atoms with E-state index < -0.39 is 0 Å². The Morgan fingerprint density at radius 3 is 2.69 bits per heavy atom. The van der Waals surface area contributed by atoms with E-state index in [0.29, 0.717) is 0 Å². The van der Waals surface area contributed by atoms with Crippen LogP contribution in [-0.4, -0.2) is 7.11 Å². The molecule has 0 bridgehead atoms. The number of hydrogen-bond donors (Lipinski definition) is 1. The molecule has 2 nitrogen and oxygen atoms in total. The van der Waals surface area contributed by atoms with E-state index in [9.17, 15) is 0 Å². The summed E-state index contributed by atoms with van der Waals surface area (Å²) < 4.78 is 6.29. The van der Waals surface area contributed by atoms with Gasteiger partial charge in [0.25, 0.3) is 0 Å². The van der Waals surface area contributed by atoms with Crippen molar-refractivity contribution < 1.29 is 4.74 Å². The Hall–Kier alpha value is -0.290. The van der Waals surface area contributed by atoms with Gasteiger partial charge >= 0.3 is 0 Å². The van der Waals surface area contributed by atoms with Gasteiger partial charge in [0.2, 0.25) is 0 Å². The average Bonchev–Trinajstić information content (AvgIpc) is 2.16. The zero-order valence-electron chi connectivity index (χ0n) is 7.88. The first kappa shape index (κ1) is 10.8. The van der Waals surface area contributed by atoms with Crippen molar-refractivity contribution in [2.75, 3.05) is 7.11 Å². The van der Waals surface area contributed by atoms with Gasteiger partial charge < -0.3 is 10.5 Å². The molecule has 0 radical (unpaired) electrons. The van der Waals surface area contributed by atoms with Gasteiger partial charge in [-0.15, -0.1) is 0 Å². The molecule has 0 aliphatic carbocycles. The van der Waals surface area contributed by atoms with Gasteiger partial charge in [-0.3, -0.25) is 0 Å². The zero-order chi connectivity index (χ0) is 9.84. The first-order valence-corrected chi connectivity index (χ1v) is 5.36. The van der Waals surface area contributed by atoms with Gasteiger partial charge in [0, 0.05) is 9.61 Å². The Bertz CT molecular complexity index is 288. The first-order valence-electron chi connectivity index (χ1n) is 4.28. The molecule has 72 valence electrons. The number of ether oxygens (including phenoxy) is 1. The van der Waals surface area contributed by atoms with E-state index in [1.807, 2.05) is 18.2 Å². The molecule has 13 heavy (non-hydrogen) atoms. The van der Waals surface area contributed by atoms with Crippen molar-refractivity contribution in [1.82, 2.24) is 0 Å². The fourth-order valence-corrected chi connectivity index (χ4v) is 2.04. The molecule has 0 aromatic heterocycles. The molecular weight excluding hydrogens is 277 g/mol. The van der Waals surface area contributed by atoms with Crippen LogP contribution < -0.4 is 10.5 Å². The SMILES string of the molecule is CCC(N)c1ccc(OC)cc1I. The van der Waals surface area contributed by atoms with Crippen molar-refractivity contribution in [2.24, 2.45) is 5.73 Å². The summed E-state index contributed by atoms with van der Waals surface area (Å²) in [6, 6.07) is 6.13.